The Labute approximate surface area is 125 Å². The minimum atomic E-state index is -1.02. The van der Waals surface area contributed by atoms with Crippen molar-refractivity contribution in [2.45, 2.75) is 37.3 Å². The zero-order chi connectivity index (χ0) is 15.5. The van der Waals surface area contributed by atoms with Crippen LogP contribution in [0.25, 0.3) is 0 Å². The number of likely N-dealkylation sites (N-methyl/N-ethyl adjacent to an activating group) is 1. The van der Waals surface area contributed by atoms with Gasteiger partial charge in [-0.3, -0.25) is 0 Å². The topological polar surface area (TPSA) is 82.1 Å². The number of ether oxygens (including phenoxy) is 1. The number of carbonyl (C=O) groups excluding carboxylic acids is 1. The molecule has 120 valence electrons. The number of aliphatic carboxylic acids is 1. The Hall–Kier alpha value is -1.34. The highest BCUT2D eigenvalue weighted by Gasteiger charge is 2.37. The van der Waals surface area contributed by atoms with Gasteiger partial charge >= 0.3 is 12.0 Å². The van der Waals surface area contributed by atoms with Gasteiger partial charge in [0.2, 0.25) is 0 Å². The predicted molar refractivity (Wildman–Crippen MR) is 77.2 cm³/mol. The van der Waals surface area contributed by atoms with E-state index >= 15 is 0 Å². The van der Waals surface area contributed by atoms with Crippen LogP contribution in [-0.4, -0.2) is 78.9 Å². The second-order valence-electron chi connectivity index (χ2n) is 6.13. The zero-order valence-electron chi connectivity index (χ0n) is 12.8. The number of rotatable bonds is 4. The Morgan fingerprint density at radius 3 is 2.62 bits per heavy atom. The van der Waals surface area contributed by atoms with Crippen molar-refractivity contribution < 1.29 is 19.4 Å². The number of hydrogen-bond acceptors (Lipinski definition) is 4. The molecule has 0 bridgehead atoms. The van der Waals surface area contributed by atoms with E-state index in [1.165, 1.54) is 17.7 Å². The minimum absolute atomic E-state index is 0.0359. The van der Waals surface area contributed by atoms with Crippen LogP contribution < -0.4 is 5.32 Å². The maximum absolute atomic E-state index is 12.2. The Morgan fingerprint density at radius 1 is 1.38 bits per heavy atom. The summed E-state index contributed by atoms with van der Waals surface area (Å²) in [6.07, 6.45) is 3.63. The normalized spacial score (nSPS) is 25.1. The first-order valence-corrected chi connectivity index (χ1v) is 7.49. The van der Waals surface area contributed by atoms with Crippen molar-refractivity contribution in [2.75, 3.05) is 40.3 Å². The first-order valence-electron chi connectivity index (χ1n) is 7.49. The molecule has 0 radical (unpaired) electrons. The Morgan fingerprint density at radius 2 is 2.05 bits per heavy atom. The number of nitrogens with zero attached hydrogens (tertiary/aromatic N) is 2. The predicted octanol–water partition coefficient (Wildman–Crippen LogP) is 0.356. The van der Waals surface area contributed by atoms with Crippen LogP contribution in [0.5, 0.6) is 0 Å². The smallest absolute Gasteiger partial charge is 0.334 e. The van der Waals surface area contributed by atoms with E-state index in [2.05, 4.69) is 10.2 Å². The van der Waals surface area contributed by atoms with Crippen molar-refractivity contribution in [1.82, 2.24) is 15.1 Å². The second-order valence-corrected chi connectivity index (χ2v) is 6.13. The Bertz CT molecular complexity index is 394. The third-order valence-corrected chi connectivity index (χ3v) is 4.68. The highest BCUT2D eigenvalue weighted by Crippen LogP contribution is 2.33. The maximum Gasteiger partial charge on any atom is 0.334 e. The fourth-order valence-electron chi connectivity index (χ4n) is 3.15. The van der Waals surface area contributed by atoms with Crippen molar-refractivity contribution in [2.24, 2.45) is 0 Å². The van der Waals surface area contributed by atoms with Gasteiger partial charge in [-0.25, -0.2) is 9.59 Å². The van der Waals surface area contributed by atoms with Crippen molar-refractivity contribution in [3.05, 3.63) is 0 Å². The first-order chi connectivity index (χ1) is 9.94. The summed E-state index contributed by atoms with van der Waals surface area (Å²) in [5.74, 6) is -1.02. The van der Waals surface area contributed by atoms with Gasteiger partial charge in [0.1, 0.15) is 0 Å². The monoisotopic (exact) mass is 299 g/mol. The molecule has 1 atom stereocenters. The summed E-state index contributed by atoms with van der Waals surface area (Å²) in [4.78, 5) is 26.9. The molecule has 1 saturated carbocycles. The van der Waals surface area contributed by atoms with Gasteiger partial charge in [0.15, 0.2) is 6.10 Å². The lowest BCUT2D eigenvalue weighted by atomic mass is 9.96. The highest BCUT2D eigenvalue weighted by atomic mass is 16.5. The third kappa shape index (κ3) is 3.65. The fourth-order valence-corrected chi connectivity index (χ4v) is 3.15. The number of carboxylic acid groups (broad SMARTS) is 1. The summed E-state index contributed by atoms with van der Waals surface area (Å²) in [7, 11) is 4.10. The van der Waals surface area contributed by atoms with Crippen molar-refractivity contribution in [3.8, 4) is 0 Å². The van der Waals surface area contributed by atoms with Crippen LogP contribution in [0.2, 0.25) is 0 Å². The lowest BCUT2D eigenvalue weighted by Crippen LogP contribution is -2.56. The summed E-state index contributed by atoms with van der Waals surface area (Å²) in [5.41, 5.74) is 0.0359. The number of hydrogen-bond donors (Lipinski definition) is 2. The number of nitrogens with one attached hydrogen (secondary N) is 1. The van der Waals surface area contributed by atoms with Crippen molar-refractivity contribution in [1.29, 1.82) is 0 Å². The minimum Gasteiger partial charge on any atom is -0.479 e. The molecule has 21 heavy (non-hydrogen) atoms. The lowest BCUT2D eigenvalue weighted by Gasteiger charge is -2.38. The van der Waals surface area contributed by atoms with E-state index in [4.69, 9.17) is 9.84 Å². The fraction of sp³-hybridized carbons (Fsp3) is 0.857. The van der Waals surface area contributed by atoms with Gasteiger partial charge in [0.25, 0.3) is 0 Å². The van der Waals surface area contributed by atoms with E-state index < -0.39 is 12.1 Å². The van der Waals surface area contributed by atoms with Crippen molar-refractivity contribution in [3.63, 3.8) is 0 Å². The van der Waals surface area contributed by atoms with Gasteiger partial charge in [0.05, 0.1) is 13.2 Å². The molecule has 1 aliphatic carbocycles. The van der Waals surface area contributed by atoms with Gasteiger partial charge in [-0.2, -0.15) is 0 Å². The number of amides is 2. The van der Waals surface area contributed by atoms with E-state index in [9.17, 15) is 9.59 Å². The van der Waals surface area contributed by atoms with Crippen LogP contribution in [0, 0.1) is 0 Å². The Balaban J connectivity index is 1.87. The number of carbonyl (C=O) groups is 2. The summed E-state index contributed by atoms with van der Waals surface area (Å²) >= 11 is 0. The van der Waals surface area contributed by atoms with E-state index in [1.54, 1.807) is 0 Å². The molecule has 0 aromatic rings. The SMILES string of the molecule is CN(C)C1(CNC(=O)N2CCOC(C(=O)O)C2)CCCC1. The molecule has 2 rings (SSSR count). The largest absolute Gasteiger partial charge is 0.479 e. The van der Waals surface area contributed by atoms with Crippen LogP contribution >= 0.6 is 0 Å². The summed E-state index contributed by atoms with van der Waals surface area (Å²) in [6.45, 7) is 1.41. The van der Waals surface area contributed by atoms with E-state index in [1.807, 2.05) is 14.1 Å². The van der Waals surface area contributed by atoms with Crippen LogP contribution in [0.3, 0.4) is 0 Å². The molecule has 2 aliphatic rings. The van der Waals surface area contributed by atoms with Crippen LogP contribution in [0.4, 0.5) is 4.79 Å². The number of urea groups is 1. The number of morpholine rings is 1. The van der Waals surface area contributed by atoms with Gasteiger partial charge in [-0.1, -0.05) is 12.8 Å². The van der Waals surface area contributed by atoms with Crippen LogP contribution in [0.15, 0.2) is 0 Å². The van der Waals surface area contributed by atoms with Crippen LogP contribution in [0.1, 0.15) is 25.7 Å². The van der Waals surface area contributed by atoms with E-state index in [-0.39, 0.29) is 24.7 Å². The molecular weight excluding hydrogens is 274 g/mol. The van der Waals surface area contributed by atoms with E-state index in [0.717, 1.165) is 12.8 Å². The average molecular weight is 299 g/mol. The van der Waals surface area contributed by atoms with Gasteiger partial charge < -0.3 is 25.0 Å². The first kappa shape index (κ1) is 16.0. The molecular formula is C14H25N3O4. The molecule has 2 fully saturated rings. The maximum atomic E-state index is 12.2. The average Bonchev–Trinajstić information content (AvgIpc) is 2.95. The molecule has 1 aliphatic heterocycles. The molecule has 0 spiro atoms. The molecule has 2 N–H and O–H groups in total. The van der Waals surface area contributed by atoms with Gasteiger partial charge in [-0.15, -0.1) is 0 Å². The van der Waals surface area contributed by atoms with Gasteiger partial charge in [-0.05, 0) is 26.9 Å². The van der Waals surface area contributed by atoms with Crippen molar-refractivity contribution >= 4 is 12.0 Å². The quantitative estimate of drug-likeness (QED) is 0.783. The van der Waals surface area contributed by atoms with Crippen LogP contribution in [-0.2, 0) is 9.53 Å². The molecule has 1 unspecified atom stereocenters. The molecule has 0 aromatic heterocycles. The van der Waals surface area contributed by atoms with E-state index in [0.29, 0.717) is 13.1 Å². The molecule has 0 aromatic carbocycles. The highest BCUT2D eigenvalue weighted by molar-refractivity contribution is 5.77. The summed E-state index contributed by atoms with van der Waals surface area (Å²) in [5, 5.41) is 11.9. The molecule has 1 heterocycles. The molecule has 7 heteroatoms. The molecule has 2 amide bonds. The third-order valence-electron chi connectivity index (χ3n) is 4.68. The standard InChI is InChI=1S/C14H25N3O4/c1-16(2)14(5-3-4-6-14)10-15-13(20)17-7-8-21-11(9-17)12(18)19/h11H,3-10H2,1-2H3,(H,15,20)(H,18,19). The Kier molecular flexibility index (Phi) is 5.05. The van der Waals surface area contributed by atoms with Gasteiger partial charge in [0, 0.05) is 18.6 Å². The summed E-state index contributed by atoms with van der Waals surface area (Å²) < 4.78 is 5.13. The molecule has 7 nitrogen and oxygen atoms in total. The second kappa shape index (κ2) is 6.62. The summed E-state index contributed by atoms with van der Waals surface area (Å²) in [6, 6.07) is -0.197. The zero-order valence-corrected chi connectivity index (χ0v) is 12.8. The lowest BCUT2D eigenvalue weighted by molar-refractivity contribution is -0.154. The molecule has 1 saturated heterocycles. The number of carboxylic acids is 1.